The summed E-state index contributed by atoms with van der Waals surface area (Å²) in [5.41, 5.74) is 1.03. The molecule has 0 aliphatic carbocycles. The highest BCUT2D eigenvalue weighted by atomic mass is 79.9. The van der Waals surface area contributed by atoms with Crippen molar-refractivity contribution in [1.82, 2.24) is 0 Å². The van der Waals surface area contributed by atoms with E-state index in [0.29, 0.717) is 5.33 Å². The maximum absolute atomic E-state index is 10.3. The molecule has 0 radical (unpaired) electrons. The van der Waals surface area contributed by atoms with Gasteiger partial charge in [0.25, 0.3) is 5.70 Å². The standard InChI is InChI=1S/C8H10BrNO2/c1-3-8(10(11)12)5-4-7(2)6-9/h3-5H,1,6H2,2H3/b7-4+,8-5+. The molecule has 0 bridgehead atoms. The van der Waals surface area contributed by atoms with Crippen LogP contribution >= 0.6 is 15.9 Å². The molecule has 0 aromatic heterocycles. The first-order valence-electron chi connectivity index (χ1n) is 3.32. The molecule has 12 heavy (non-hydrogen) atoms. The third-order valence-corrected chi connectivity index (χ3v) is 2.05. The lowest BCUT2D eigenvalue weighted by molar-refractivity contribution is -0.418. The van der Waals surface area contributed by atoms with Gasteiger partial charge in [-0.3, -0.25) is 10.1 Å². The molecule has 0 N–H and O–H groups in total. The van der Waals surface area contributed by atoms with E-state index >= 15 is 0 Å². The van der Waals surface area contributed by atoms with Crippen molar-refractivity contribution >= 4 is 15.9 Å². The summed E-state index contributed by atoms with van der Waals surface area (Å²) in [6.07, 6.45) is 4.34. The first-order chi connectivity index (χ1) is 5.61. The summed E-state index contributed by atoms with van der Waals surface area (Å²) < 4.78 is 0. The lowest BCUT2D eigenvalue weighted by atomic mass is 10.3. The van der Waals surface area contributed by atoms with E-state index in [2.05, 4.69) is 22.5 Å². The Hall–Kier alpha value is -0.900. The van der Waals surface area contributed by atoms with Gasteiger partial charge in [-0.1, -0.05) is 34.2 Å². The number of nitro groups is 1. The van der Waals surface area contributed by atoms with Crippen LogP contribution < -0.4 is 0 Å². The van der Waals surface area contributed by atoms with Crippen molar-refractivity contribution in [2.24, 2.45) is 0 Å². The van der Waals surface area contributed by atoms with Crippen LogP contribution in [-0.4, -0.2) is 10.3 Å². The molecule has 0 aliphatic rings. The van der Waals surface area contributed by atoms with Gasteiger partial charge in [0.15, 0.2) is 0 Å². The Balaban J connectivity index is 4.51. The van der Waals surface area contributed by atoms with Crippen LogP contribution in [0.25, 0.3) is 0 Å². The van der Waals surface area contributed by atoms with E-state index in [9.17, 15) is 10.1 Å². The molecule has 0 atom stereocenters. The predicted molar refractivity (Wildman–Crippen MR) is 52.8 cm³/mol. The minimum absolute atomic E-state index is 0.00954. The number of halogens is 1. The second kappa shape index (κ2) is 5.71. The topological polar surface area (TPSA) is 43.1 Å². The second-order valence-corrected chi connectivity index (χ2v) is 2.76. The molecule has 0 amide bonds. The van der Waals surface area contributed by atoms with E-state index in [1.807, 2.05) is 6.92 Å². The summed E-state index contributed by atoms with van der Waals surface area (Å²) in [6, 6.07) is 0. The maximum atomic E-state index is 10.3. The summed E-state index contributed by atoms with van der Waals surface area (Å²) >= 11 is 3.23. The van der Waals surface area contributed by atoms with Crippen LogP contribution in [0, 0.1) is 10.1 Å². The van der Waals surface area contributed by atoms with Crippen LogP contribution in [0.2, 0.25) is 0 Å². The quantitative estimate of drug-likeness (QED) is 0.323. The highest BCUT2D eigenvalue weighted by Crippen LogP contribution is 2.02. The molecule has 0 aliphatic heterocycles. The lowest BCUT2D eigenvalue weighted by Crippen LogP contribution is -1.93. The van der Waals surface area contributed by atoms with Crippen LogP contribution in [-0.2, 0) is 0 Å². The second-order valence-electron chi connectivity index (χ2n) is 2.20. The minimum atomic E-state index is -0.467. The van der Waals surface area contributed by atoms with Crippen molar-refractivity contribution in [2.45, 2.75) is 6.92 Å². The van der Waals surface area contributed by atoms with Crippen molar-refractivity contribution in [3.8, 4) is 0 Å². The third kappa shape index (κ3) is 4.08. The Bertz CT molecular complexity index is 243. The first-order valence-corrected chi connectivity index (χ1v) is 4.44. The molecular formula is C8H10BrNO2. The molecule has 0 aromatic rings. The Labute approximate surface area is 79.7 Å². The van der Waals surface area contributed by atoms with Crippen LogP contribution in [0.1, 0.15) is 6.92 Å². The van der Waals surface area contributed by atoms with Crippen molar-refractivity contribution in [3.63, 3.8) is 0 Å². The molecule has 0 aromatic carbocycles. The number of hydrogen-bond donors (Lipinski definition) is 0. The fourth-order valence-electron chi connectivity index (χ4n) is 0.476. The number of alkyl halides is 1. The Kier molecular flexibility index (Phi) is 5.28. The molecule has 4 heteroatoms. The highest BCUT2D eigenvalue weighted by Gasteiger charge is 2.01. The minimum Gasteiger partial charge on any atom is -0.258 e. The van der Waals surface area contributed by atoms with Gasteiger partial charge < -0.3 is 0 Å². The molecule has 0 unspecified atom stereocenters. The van der Waals surface area contributed by atoms with Gasteiger partial charge in [-0.2, -0.15) is 0 Å². The van der Waals surface area contributed by atoms with Gasteiger partial charge in [0.2, 0.25) is 0 Å². The third-order valence-electron chi connectivity index (χ3n) is 1.17. The van der Waals surface area contributed by atoms with E-state index in [1.54, 1.807) is 6.08 Å². The molecule has 0 saturated carbocycles. The van der Waals surface area contributed by atoms with E-state index in [4.69, 9.17) is 0 Å². The number of hydrogen-bond acceptors (Lipinski definition) is 2. The van der Waals surface area contributed by atoms with Crippen molar-refractivity contribution in [2.75, 3.05) is 5.33 Å². The molecule has 3 nitrogen and oxygen atoms in total. The van der Waals surface area contributed by atoms with Gasteiger partial charge in [0, 0.05) is 17.5 Å². The zero-order valence-corrected chi connectivity index (χ0v) is 8.37. The zero-order valence-electron chi connectivity index (χ0n) is 6.79. The van der Waals surface area contributed by atoms with Gasteiger partial charge >= 0.3 is 0 Å². The summed E-state index contributed by atoms with van der Waals surface area (Å²) in [4.78, 5) is 9.79. The molecule has 0 rings (SSSR count). The molecule has 0 spiro atoms. The van der Waals surface area contributed by atoms with E-state index in [-0.39, 0.29) is 5.70 Å². The fraction of sp³-hybridized carbons (Fsp3) is 0.250. The van der Waals surface area contributed by atoms with Crippen LogP contribution in [0.5, 0.6) is 0 Å². The summed E-state index contributed by atoms with van der Waals surface area (Å²) in [5, 5.41) is 11.0. The Morgan fingerprint density at radius 2 is 2.25 bits per heavy atom. The van der Waals surface area contributed by atoms with Crippen molar-refractivity contribution < 1.29 is 4.92 Å². The number of nitrogens with zero attached hydrogens (tertiary/aromatic N) is 1. The number of allylic oxidation sites excluding steroid dienone is 4. The Morgan fingerprint density at radius 1 is 1.67 bits per heavy atom. The Morgan fingerprint density at radius 3 is 2.58 bits per heavy atom. The van der Waals surface area contributed by atoms with E-state index in [1.165, 1.54) is 12.2 Å². The first kappa shape index (κ1) is 11.1. The van der Waals surface area contributed by atoms with Gasteiger partial charge in [-0.25, -0.2) is 0 Å². The number of rotatable bonds is 4. The predicted octanol–water partition coefficient (Wildman–Crippen LogP) is 2.67. The smallest absolute Gasteiger partial charge is 0.258 e. The van der Waals surface area contributed by atoms with Gasteiger partial charge in [0.1, 0.15) is 0 Å². The fourth-order valence-corrected chi connectivity index (χ4v) is 0.663. The molecule has 0 saturated heterocycles. The summed E-state index contributed by atoms with van der Waals surface area (Å²) in [5.74, 6) is 0. The van der Waals surface area contributed by atoms with Crippen molar-refractivity contribution in [3.05, 3.63) is 46.2 Å². The zero-order chi connectivity index (χ0) is 9.56. The molecule has 66 valence electrons. The van der Waals surface area contributed by atoms with E-state index in [0.717, 1.165) is 5.57 Å². The molecule has 0 fully saturated rings. The maximum Gasteiger partial charge on any atom is 0.268 e. The SMILES string of the molecule is C=C/C(=C\C=C(/C)CBr)[N+](=O)[O-]. The van der Waals surface area contributed by atoms with E-state index < -0.39 is 4.92 Å². The normalized spacial score (nSPS) is 12.8. The summed E-state index contributed by atoms with van der Waals surface area (Å²) in [7, 11) is 0. The van der Waals surface area contributed by atoms with Gasteiger partial charge in [0.05, 0.1) is 4.92 Å². The average molecular weight is 232 g/mol. The van der Waals surface area contributed by atoms with Gasteiger partial charge in [-0.05, 0) is 6.92 Å². The van der Waals surface area contributed by atoms with Crippen LogP contribution in [0.4, 0.5) is 0 Å². The van der Waals surface area contributed by atoms with Crippen molar-refractivity contribution in [1.29, 1.82) is 0 Å². The highest BCUT2D eigenvalue weighted by molar-refractivity contribution is 9.09. The average Bonchev–Trinajstić information content (AvgIpc) is 2.04. The largest absolute Gasteiger partial charge is 0.268 e. The molecule has 0 heterocycles. The lowest BCUT2D eigenvalue weighted by Gasteiger charge is -1.89. The van der Waals surface area contributed by atoms with Crippen LogP contribution in [0.15, 0.2) is 36.1 Å². The molecular weight excluding hydrogens is 222 g/mol. The van der Waals surface area contributed by atoms with Gasteiger partial charge in [-0.15, -0.1) is 0 Å². The monoisotopic (exact) mass is 231 g/mol. The van der Waals surface area contributed by atoms with Crippen LogP contribution in [0.3, 0.4) is 0 Å². The summed E-state index contributed by atoms with van der Waals surface area (Å²) in [6.45, 7) is 5.22.